The lowest BCUT2D eigenvalue weighted by Crippen LogP contribution is -2.30. The third-order valence-electron chi connectivity index (χ3n) is 3.44. The van der Waals surface area contributed by atoms with Gasteiger partial charge in [0.05, 0.1) is 26.5 Å². The van der Waals surface area contributed by atoms with E-state index >= 15 is 0 Å². The minimum Gasteiger partial charge on any atom is -0.480 e. The number of nitrogens with zero attached hydrogens (tertiary/aromatic N) is 2. The van der Waals surface area contributed by atoms with Gasteiger partial charge in [-0.3, -0.25) is 0 Å². The van der Waals surface area contributed by atoms with Crippen LogP contribution in [0.25, 0.3) is 0 Å². The van der Waals surface area contributed by atoms with E-state index in [2.05, 4.69) is 43.0 Å². The topological polar surface area (TPSA) is 56.3 Å². The van der Waals surface area contributed by atoms with E-state index in [0.29, 0.717) is 23.6 Å². The molecule has 1 rings (SSSR count). The predicted molar refractivity (Wildman–Crippen MR) is 75.6 cm³/mol. The summed E-state index contributed by atoms with van der Waals surface area (Å²) in [6.07, 6.45) is 1.63. The molecule has 19 heavy (non-hydrogen) atoms. The highest BCUT2D eigenvalue weighted by Crippen LogP contribution is 2.31. The van der Waals surface area contributed by atoms with Gasteiger partial charge >= 0.3 is 0 Å². The summed E-state index contributed by atoms with van der Waals surface area (Å²) in [6, 6.07) is 0.123. The van der Waals surface area contributed by atoms with Crippen molar-refractivity contribution in [3.05, 3.63) is 11.9 Å². The highest BCUT2D eigenvalue weighted by Gasteiger charge is 2.26. The van der Waals surface area contributed by atoms with Crippen LogP contribution in [-0.4, -0.2) is 30.7 Å². The largest absolute Gasteiger partial charge is 0.480 e. The van der Waals surface area contributed by atoms with Crippen molar-refractivity contribution in [2.45, 2.75) is 33.7 Å². The molecular weight excluding hydrogens is 242 g/mol. The summed E-state index contributed by atoms with van der Waals surface area (Å²) in [5.74, 6) is 1.96. The van der Waals surface area contributed by atoms with E-state index in [4.69, 9.17) is 9.47 Å². The average molecular weight is 267 g/mol. The first-order valence-electron chi connectivity index (χ1n) is 6.73. The molecule has 0 amide bonds. The van der Waals surface area contributed by atoms with Crippen molar-refractivity contribution in [2.75, 3.05) is 20.8 Å². The molecule has 1 aromatic heterocycles. The second-order valence-electron chi connectivity index (χ2n) is 4.95. The SMILES string of the molecule is CCNC(c1ncc(OC)nc1OC)C(C)C(C)C. The molecule has 5 nitrogen and oxygen atoms in total. The Morgan fingerprint density at radius 2 is 1.89 bits per heavy atom. The van der Waals surface area contributed by atoms with Gasteiger partial charge in [-0.2, -0.15) is 4.98 Å². The summed E-state index contributed by atoms with van der Waals surface area (Å²) in [6.45, 7) is 9.59. The standard InChI is InChI=1S/C14H25N3O2/c1-7-15-12(10(4)9(2)3)13-14(19-6)17-11(18-5)8-16-13/h8-10,12,15H,7H2,1-6H3. The van der Waals surface area contributed by atoms with E-state index in [1.807, 2.05) is 0 Å². The Labute approximate surface area is 115 Å². The highest BCUT2D eigenvalue weighted by atomic mass is 16.5. The van der Waals surface area contributed by atoms with Crippen LogP contribution in [0, 0.1) is 11.8 Å². The molecule has 2 atom stereocenters. The predicted octanol–water partition coefficient (Wildman–Crippen LogP) is 2.44. The summed E-state index contributed by atoms with van der Waals surface area (Å²) < 4.78 is 10.4. The molecule has 1 heterocycles. The number of rotatable bonds is 7. The van der Waals surface area contributed by atoms with Crippen molar-refractivity contribution in [1.82, 2.24) is 15.3 Å². The Hall–Kier alpha value is -1.36. The third kappa shape index (κ3) is 3.80. The number of aromatic nitrogens is 2. The molecule has 0 saturated heterocycles. The molecule has 0 spiro atoms. The number of methoxy groups -OCH3 is 2. The van der Waals surface area contributed by atoms with Gasteiger partial charge in [0.15, 0.2) is 0 Å². The fourth-order valence-electron chi connectivity index (χ4n) is 1.96. The highest BCUT2D eigenvalue weighted by molar-refractivity contribution is 5.26. The molecule has 0 saturated carbocycles. The first-order valence-corrected chi connectivity index (χ1v) is 6.73. The van der Waals surface area contributed by atoms with Gasteiger partial charge in [-0.25, -0.2) is 4.98 Å². The van der Waals surface area contributed by atoms with Crippen molar-refractivity contribution in [3.63, 3.8) is 0 Å². The Morgan fingerprint density at radius 3 is 2.37 bits per heavy atom. The van der Waals surface area contributed by atoms with Crippen molar-refractivity contribution in [2.24, 2.45) is 11.8 Å². The van der Waals surface area contributed by atoms with Crippen molar-refractivity contribution >= 4 is 0 Å². The van der Waals surface area contributed by atoms with E-state index < -0.39 is 0 Å². The number of hydrogen-bond acceptors (Lipinski definition) is 5. The zero-order valence-corrected chi connectivity index (χ0v) is 12.7. The van der Waals surface area contributed by atoms with Crippen LogP contribution in [-0.2, 0) is 0 Å². The van der Waals surface area contributed by atoms with Crippen molar-refractivity contribution in [1.29, 1.82) is 0 Å². The maximum Gasteiger partial charge on any atom is 0.240 e. The maximum absolute atomic E-state index is 5.35. The first-order chi connectivity index (χ1) is 9.04. The summed E-state index contributed by atoms with van der Waals surface area (Å²) in [5.41, 5.74) is 0.839. The molecule has 0 bridgehead atoms. The molecule has 1 N–H and O–H groups in total. The molecule has 0 aromatic carbocycles. The molecule has 0 aliphatic carbocycles. The van der Waals surface area contributed by atoms with Gasteiger partial charge in [-0.15, -0.1) is 0 Å². The molecular formula is C14H25N3O2. The van der Waals surface area contributed by atoms with Gasteiger partial charge in [-0.05, 0) is 18.4 Å². The van der Waals surface area contributed by atoms with Crippen LogP contribution in [0.1, 0.15) is 39.4 Å². The summed E-state index contributed by atoms with van der Waals surface area (Å²) in [5, 5.41) is 3.47. The monoisotopic (exact) mass is 267 g/mol. The average Bonchev–Trinajstić information content (AvgIpc) is 2.43. The van der Waals surface area contributed by atoms with Crippen LogP contribution in [0.3, 0.4) is 0 Å². The third-order valence-corrected chi connectivity index (χ3v) is 3.44. The Bertz CT molecular complexity index is 396. The summed E-state index contributed by atoms with van der Waals surface area (Å²) >= 11 is 0. The number of hydrogen-bond donors (Lipinski definition) is 1. The minimum atomic E-state index is 0.123. The molecule has 1 aromatic rings. The molecule has 2 unspecified atom stereocenters. The van der Waals surface area contributed by atoms with Crippen LogP contribution in [0.5, 0.6) is 11.8 Å². The van der Waals surface area contributed by atoms with E-state index in [1.165, 1.54) is 0 Å². The van der Waals surface area contributed by atoms with Gasteiger partial charge in [0.1, 0.15) is 5.69 Å². The van der Waals surface area contributed by atoms with E-state index in [1.54, 1.807) is 20.4 Å². The molecule has 0 fully saturated rings. The Morgan fingerprint density at radius 1 is 1.21 bits per heavy atom. The maximum atomic E-state index is 5.35. The zero-order valence-electron chi connectivity index (χ0n) is 12.7. The zero-order chi connectivity index (χ0) is 14.4. The molecule has 0 aliphatic rings. The Balaban J connectivity index is 3.14. The summed E-state index contributed by atoms with van der Waals surface area (Å²) in [4.78, 5) is 8.78. The Kier molecular flexibility index (Phi) is 6.02. The lowest BCUT2D eigenvalue weighted by Gasteiger charge is -2.28. The van der Waals surface area contributed by atoms with Gasteiger partial charge < -0.3 is 14.8 Å². The number of ether oxygens (including phenoxy) is 2. The van der Waals surface area contributed by atoms with Gasteiger partial charge in [-0.1, -0.05) is 27.7 Å². The van der Waals surface area contributed by atoms with E-state index in [0.717, 1.165) is 12.2 Å². The van der Waals surface area contributed by atoms with E-state index in [9.17, 15) is 0 Å². The second-order valence-corrected chi connectivity index (χ2v) is 4.95. The first kappa shape index (κ1) is 15.7. The quantitative estimate of drug-likeness (QED) is 0.822. The van der Waals surface area contributed by atoms with Crippen LogP contribution >= 0.6 is 0 Å². The van der Waals surface area contributed by atoms with Crippen molar-refractivity contribution in [3.8, 4) is 11.8 Å². The fraction of sp³-hybridized carbons (Fsp3) is 0.714. The summed E-state index contributed by atoms with van der Waals surface area (Å²) in [7, 11) is 3.18. The van der Waals surface area contributed by atoms with Crippen LogP contribution in [0.2, 0.25) is 0 Å². The van der Waals surface area contributed by atoms with E-state index in [-0.39, 0.29) is 6.04 Å². The smallest absolute Gasteiger partial charge is 0.240 e. The minimum absolute atomic E-state index is 0.123. The fourth-order valence-corrected chi connectivity index (χ4v) is 1.96. The van der Waals surface area contributed by atoms with Crippen LogP contribution in [0.4, 0.5) is 0 Å². The second kappa shape index (κ2) is 7.28. The van der Waals surface area contributed by atoms with Crippen LogP contribution in [0.15, 0.2) is 6.20 Å². The molecule has 5 heteroatoms. The lowest BCUT2D eigenvalue weighted by atomic mass is 9.88. The molecule has 108 valence electrons. The number of nitrogens with one attached hydrogen (secondary N) is 1. The van der Waals surface area contributed by atoms with Gasteiger partial charge in [0.2, 0.25) is 11.8 Å². The van der Waals surface area contributed by atoms with Crippen LogP contribution < -0.4 is 14.8 Å². The van der Waals surface area contributed by atoms with Gasteiger partial charge in [0, 0.05) is 0 Å². The van der Waals surface area contributed by atoms with Gasteiger partial charge in [0.25, 0.3) is 0 Å². The molecule has 0 aliphatic heterocycles. The molecule has 0 radical (unpaired) electrons. The lowest BCUT2D eigenvalue weighted by molar-refractivity contribution is 0.285. The van der Waals surface area contributed by atoms with Crippen molar-refractivity contribution < 1.29 is 9.47 Å². The normalized spacial score (nSPS) is 14.3.